The maximum absolute atomic E-state index is 9.96. The van der Waals surface area contributed by atoms with Gasteiger partial charge in [-0.1, -0.05) is 11.6 Å². The Bertz CT molecular complexity index is 729. The minimum Gasteiger partial charge on any atom is -0.506 e. The van der Waals surface area contributed by atoms with Crippen molar-refractivity contribution in [1.82, 2.24) is 9.97 Å². The second-order valence-corrected chi connectivity index (χ2v) is 5.66. The second-order valence-electron chi connectivity index (χ2n) is 3.96. The summed E-state index contributed by atoms with van der Waals surface area (Å²) in [5, 5.41) is 14.1. The summed E-state index contributed by atoms with van der Waals surface area (Å²) in [6, 6.07) is 7.19. The minimum atomic E-state index is 0.205. The third-order valence-electron chi connectivity index (χ3n) is 2.73. The number of aromatic hydroxyl groups is 1. The van der Waals surface area contributed by atoms with Crippen LogP contribution in [-0.2, 0) is 6.54 Å². The molecule has 2 aromatic heterocycles. The van der Waals surface area contributed by atoms with E-state index < -0.39 is 0 Å². The van der Waals surface area contributed by atoms with Crippen LogP contribution in [0.25, 0.3) is 10.9 Å². The summed E-state index contributed by atoms with van der Waals surface area (Å²) in [4.78, 5) is 9.25. The normalized spacial score (nSPS) is 10.8. The second kappa shape index (κ2) is 5.03. The standard InChI is InChI=1S/C13H10ClN3OS/c14-13-17-7-8(19-13)6-16-12-9-2-1-5-15-10(9)3-4-11(12)18/h1-5,7,16,18H,6H2. The Kier molecular flexibility index (Phi) is 3.23. The number of nitrogens with one attached hydrogen (secondary N) is 1. The van der Waals surface area contributed by atoms with Crippen molar-refractivity contribution in [2.75, 3.05) is 5.32 Å². The number of hydrogen-bond donors (Lipinski definition) is 2. The average molecular weight is 292 g/mol. The van der Waals surface area contributed by atoms with Crippen molar-refractivity contribution < 1.29 is 5.11 Å². The molecular formula is C13H10ClN3OS. The van der Waals surface area contributed by atoms with E-state index in [1.807, 2.05) is 12.1 Å². The first-order valence-corrected chi connectivity index (χ1v) is 6.84. The van der Waals surface area contributed by atoms with Crippen LogP contribution in [0.4, 0.5) is 5.69 Å². The molecule has 0 aliphatic heterocycles. The first kappa shape index (κ1) is 12.2. The largest absolute Gasteiger partial charge is 0.506 e. The molecule has 0 saturated heterocycles. The Hall–Kier alpha value is -1.85. The predicted octanol–water partition coefficient (Wildman–Crippen LogP) is 3.66. The lowest BCUT2D eigenvalue weighted by Crippen LogP contribution is -1.99. The van der Waals surface area contributed by atoms with Crippen LogP contribution in [-0.4, -0.2) is 15.1 Å². The molecule has 19 heavy (non-hydrogen) atoms. The number of aromatic nitrogens is 2. The van der Waals surface area contributed by atoms with E-state index in [1.54, 1.807) is 24.5 Å². The highest BCUT2D eigenvalue weighted by Gasteiger charge is 2.08. The summed E-state index contributed by atoms with van der Waals surface area (Å²) in [5.74, 6) is 0.205. The van der Waals surface area contributed by atoms with Gasteiger partial charge < -0.3 is 10.4 Å². The van der Waals surface area contributed by atoms with E-state index in [1.165, 1.54) is 11.3 Å². The van der Waals surface area contributed by atoms with Crippen molar-refractivity contribution in [2.24, 2.45) is 0 Å². The van der Waals surface area contributed by atoms with Gasteiger partial charge in [0.25, 0.3) is 0 Å². The van der Waals surface area contributed by atoms with Crippen molar-refractivity contribution in [3.63, 3.8) is 0 Å². The van der Waals surface area contributed by atoms with Crippen molar-refractivity contribution in [3.8, 4) is 5.75 Å². The topological polar surface area (TPSA) is 58.0 Å². The molecule has 3 rings (SSSR count). The van der Waals surface area contributed by atoms with Gasteiger partial charge in [-0.3, -0.25) is 4.98 Å². The van der Waals surface area contributed by atoms with Gasteiger partial charge in [-0.15, -0.1) is 11.3 Å². The van der Waals surface area contributed by atoms with Crippen LogP contribution in [0.5, 0.6) is 5.75 Å². The van der Waals surface area contributed by atoms with Gasteiger partial charge in [-0.2, -0.15) is 0 Å². The molecule has 0 bridgehead atoms. The van der Waals surface area contributed by atoms with E-state index in [9.17, 15) is 5.11 Å². The number of pyridine rings is 1. The summed E-state index contributed by atoms with van der Waals surface area (Å²) in [6.07, 6.45) is 3.45. The molecule has 96 valence electrons. The molecule has 3 aromatic rings. The van der Waals surface area contributed by atoms with Gasteiger partial charge in [0.2, 0.25) is 0 Å². The van der Waals surface area contributed by atoms with Gasteiger partial charge in [-0.05, 0) is 24.3 Å². The predicted molar refractivity (Wildman–Crippen MR) is 77.9 cm³/mol. The number of nitrogens with zero attached hydrogens (tertiary/aromatic N) is 2. The van der Waals surface area contributed by atoms with Gasteiger partial charge in [0.05, 0.1) is 17.7 Å². The van der Waals surface area contributed by atoms with Crippen LogP contribution in [0, 0.1) is 0 Å². The number of phenols is 1. The molecule has 0 aliphatic carbocycles. The van der Waals surface area contributed by atoms with Gasteiger partial charge in [0.1, 0.15) is 5.75 Å². The Balaban J connectivity index is 1.93. The lowest BCUT2D eigenvalue weighted by atomic mass is 10.1. The molecule has 0 radical (unpaired) electrons. The molecule has 0 aliphatic rings. The lowest BCUT2D eigenvalue weighted by molar-refractivity contribution is 0.478. The fourth-order valence-corrected chi connectivity index (χ4v) is 2.79. The zero-order valence-corrected chi connectivity index (χ0v) is 11.4. The average Bonchev–Trinajstić information content (AvgIpc) is 2.83. The number of phenolic OH excluding ortho intramolecular Hbond substituents is 1. The maximum Gasteiger partial charge on any atom is 0.183 e. The third-order valence-corrected chi connectivity index (χ3v) is 3.84. The number of hydrogen-bond acceptors (Lipinski definition) is 5. The maximum atomic E-state index is 9.96. The Morgan fingerprint density at radius 3 is 2.95 bits per heavy atom. The van der Waals surface area contributed by atoms with Crippen LogP contribution in [0.2, 0.25) is 4.47 Å². The van der Waals surface area contributed by atoms with Gasteiger partial charge in [0, 0.05) is 22.7 Å². The fourth-order valence-electron chi connectivity index (χ4n) is 1.87. The van der Waals surface area contributed by atoms with E-state index in [2.05, 4.69) is 15.3 Å². The van der Waals surface area contributed by atoms with Crippen molar-refractivity contribution in [2.45, 2.75) is 6.54 Å². The van der Waals surface area contributed by atoms with E-state index in [0.29, 0.717) is 16.7 Å². The first-order chi connectivity index (χ1) is 9.24. The molecule has 0 amide bonds. The zero-order valence-electron chi connectivity index (χ0n) is 9.80. The molecule has 0 unspecified atom stereocenters. The van der Waals surface area contributed by atoms with Crippen molar-refractivity contribution in [1.29, 1.82) is 0 Å². The molecule has 6 heteroatoms. The van der Waals surface area contributed by atoms with Crippen LogP contribution in [0.1, 0.15) is 4.88 Å². The number of halogens is 1. The molecule has 1 aromatic carbocycles. The summed E-state index contributed by atoms with van der Waals surface area (Å²) < 4.78 is 0.514. The van der Waals surface area contributed by atoms with Crippen molar-refractivity contribution in [3.05, 3.63) is 46.0 Å². The van der Waals surface area contributed by atoms with E-state index in [4.69, 9.17) is 11.6 Å². The molecule has 0 atom stereocenters. The molecule has 2 heterocycles. The quantitative estimate of drug-likeness (QED) is 0.723. The van der Waals surface area contributed by atoms with Crippen LogP contribution in [0.3, 0.4) is 0 Å². The van der Waals surface area contributed by atoms with Crippen molar-refractivity contribution >= 4 is 39.5 Å². The number of fused-ring (bicyclic) bond motifs is 1. The van der Waals surface area contributed by atoms with E-state index in [-0.39, 0.29) is 5.75 Å². The molecule has 0 fully saturated rings. The molecule has 4 nitrogen and oxygen atoms in total. The SMILES string of the molecule is Oc1ccc2ncccc2c1NCc1cnc(Cl)s1. The number of rotatable bonds is 3. The van der Waals surface area contributed by atoms with Gasteiger partial charge in [0.15, 0.2) is 4.47 Å². The van der Waals surface area contributed by atoms with Crippen LogP contribution >= 0.6 is 22.9 Å². The Morgan fingerprint density at radius 1 is 1.26 bits per heavy atom. The smallest absolute Gasteiger partial charge is 0.183 e. The molecule has 2 N–H and O–H groups in total. The Morgan fingerprint density at radius 2 is 2.16 bits per heavy atom. The monoisotopic (exact) mass is 291 g/mol. The fraction of sp³-hybridized carbons (Fsp3) is 0.0769. The van der Waals surface area contributed by atoms with Crippen LogP contribution < -0.4 is 5.32 Å². The van der Waals surface area contributed by atoms with E-state index >= 15 is 0 Å². The minimum absolute atomic E-state index is 0.205. The number of anilines is 1. The highest BCUT2D eigenvalue weighted by Crippen LogP contribution is 2.32. The van der Waals surface area contributed by atoms with E-state index in [0.717, 1.165) is 15.8 Å². The number of benzene rings is 1. The highest BCUT2D eigenvalue weighted by molar-refractivity contribution is 7.15. The van der Waals surface area contributed by atoms with Crippen LogP contribution in [0.15, 0.2) is 36.7 Å². The molecule has 0 spiro atoms. The number of thiazole rings is 1. The molecular weight excluding hydrogens is 282 g/mol. The summed E-state index contributed by atoms with van der Waals surface area (Å²) >= 11 is 7.20. The van der Waals surface area contributed by atoms with Gasteiger partial charge in [-0.25, -0.2) is 4.98 Å². The summed E-state index contributed by atoms with van der Waals surface area (Å²) in [7, 11) is 0. The summed E-state index contributed by atoms with van der Waals surface area (Å²) in [5.41, 5.74) is 1.51. The third kappa shape index (κ3) is 2.47. The Labute approximate surface area is 118 Å². The summed E-state index contributed by atoms with van der Waals surface area (Å²) in [6.45, 7) is 0.561. The molecule has 0 saturated carbocycles. The van der Waals surface area contributed by atoms with Gasteiger partial charge >= 0.3 is 0 Å². The lowest BCUT2D eigenvalue weighted by Gasteiger charge is -2.10. The zero-order chi connectivity index (χ0) is 13.2. The first-order valence-electron chi connectivity index (χ1n) is 5.65. The highest BCUT2D eigenvalue weighted by atomic mass is 35.5.